The minimum absolute atomic E-state index is 0.0927. The molecule has 154 valence electrons. The SMILES string of the molecule is COc1ccc(Cl)cc1NC(=O)CC1C(=O)Nc2c(-c3cccc(Cl)c3)c(C)nn21. The van der Waals surface area contributed by atoms with Gasteiger partial charge in [-0.25, -0.2) is 4.68 Å². The minimum Gasteiger partial charge on any atom is -0.495 e. The highest BCUT2D eigenvalue weighted by atomic mass is 35.5. The second-order valence-corrected chi connectivity index (χ2v) is 7.74. The van der Waals surface area contributed by atoms with E-state index in [1.165, 1.54) is 7.11 Å². The fourth-order valence-electron chi connectivity index (χ4n) is 3.53. The van der Waals surface area contributed by atoms with Crippen molar-refractivity contribution >= 4 is 46.5 Å². The summed E-state index contributed by atoms with van der Waals surface area (Å²) in [6.07, 6.45) is -0.0927. The second-order valence-electron chi connectivity index (χ2n) is 6.87. The van der Waals surface area contributed by atoms with Crippen LogP contribution in [-0.4, -0.2) is 28.7 Å². The quantitative estimate of drug-likeness (QED) is 0.597. The number of carbonyl (C=O) groups excluding carboxylic acids is 2. The molecule has 0 spiro atoms. The molecule has 9 heteroatoms. The van der Waals surface area contributed by atoms with Crippen LogP contribution in [0.2, 0.25) is 10.0 Å². The van der Waals surface area contributed by atoms with E-state index in [0.29, 0.717) is 27.3 Å². The molecule has 2 N–H and O–H groups in total. The zero-order chi connectivity index (χ0) is 21.4. The molecule has 1 aliphatic rings. The Morgan fingerprint density at radius 1 is 1.23 bits per heavy atom. The lowest BCUT2D eigenvalue weighted by molar-refractivity contribution is -0.123. The van der Waals surface area contributed by atoms with Gasteiger partial charge in [-0.1, -0.05) is 35.3 Å². The van der Waals surface area contributed by atoms with E-state index in [1.807, 2.05) is 25.1 Å². The summed E-state index contributed by atoms with van der Waals surface area (Å²) in [4.78, 5) is 25.3. The summed E-state index contributed by atoms with van der Waals surface area (Å²) in [6.45, 7) is 1.85. The van der Waals surface area contributed by atoms with Gasteiger partial charge < -0.3 is 15.4 Å². The van der Waals surface area contributed by atoms with Gasteiger partial charge in [-0.05, 0) is 42.8 Å². The molecule has 30 heavy (non-hydrogen) atoms. The van der Waals surface area contributed by atoms with Gasteiger partial charge in [0.25, 0.3) is 5.91 Å². The van der Waals surface area contributed by atoms with Crippen molar-refractivity contribution in [3.63, 3.8) is 0 Å². The number of hydrogen-bond acceptors (Lipinski definition) is 4. The number of amides is 2. The highest BCUT2D eigenvalue weighted by Crippen LogP contribution is 2.39. The Morgan fingerprint density at radius 3 is 2.73 bits per heavy atom. The van der Waals surface area contributed by atoms with E-state index in [-0.39, 0.29) is 18.2 Å². The van der Waals surface area contributed by atoms with Gasteiger partial charge in [0.15, 0.2) is 0 Å². The number of halogens is 2. The van der Waals surface area contributed by atoms with Crippen LogP contribution >= 0.6 is 23.2 Å². The van der Waals surface area contributed by atoms with Crippen LogP contribution < -0.4 is 15.4 Å². The molecule has 1 aliphatic heterocycles. The number of nitrogens with zero attached hydrogens (tertiary/aromatic N) is 2. The van der Waals surface area contributed by atoms with E-state index in [0.717, 1.165) is 16.8 Å². The molecule has 2 aromatic carbocycles. The molecule has 0 saturated carbocycles. The zero-order valence-corrected chi connectivity index (χ0v) is 17.7. The van der Waals surface area contributed by atoms with Crippen molar-refractivity contribution < 1.29 is 14.3 Å². The highest BCUT2D eigenvalue weighted by molar-refractivity contribution is 6.31. The van der Waals surface area contributed by atoms with Gasteiger partial charge in [-0.15, -0.1) is 0 Å². The number of nitrogens with one attached hydrogen (secondary N) is 2. The highest BCUT2D eigenvalue weighted by Gasteiger charge is 2.36. The number of hydrogen-bond donors (Lipinski definition) is 2. The monoisotopic (exact) mass is 444 g/mol. The predicted octanol–water partition coefficient (Wildman–Crippen LogP) is 4.70. The smallest absolute Gasteiger partial charge is 0.251 e. The predicted molar refractivity (Wildman–Crippen MR) is 116 cm³/mol. The third kappa shape index (κ3) is 3.74. The fourth-order valence-corrected chi connectivity index (χ4v) is 3.89. The molecule has 2 heterocycles. The van der Waals surface area contributed by atoms with Crippen molar-refractivity contribution in [1.29, 1.82) is 0 Å². The van der Waals surface area contributed by atoms with Crippen molar-refractivity contribution in [1.82, 2.24) is 9.78 Å². The largest absolute Gasteiger partial charge is 0.495 e. The van der Waals surface area contributed by atoms with E-state index < -0.39 is 6.04 Å². The van der Waals surface area contributed by atoms with Gasteiger partial charge in [0.1, 0.15) is 17.6 Å². The maximum atomic E-state index is 12.7. The Hall–Kier alpha value is -3.03. The molecule has 0 radical (unpaired) electrons. The zero-order valence-electron chi connectivity index (χ0n) is 16.2. The molecular formula is C21H18Cl2N4O3. The Morgan fingerprint density at radius 2 is 2.00 bits per heavy atom. The van der Waals surface area contributed by atoms with E-state index in [4.69, 9.17) is 27.9 Å². The molecule has 0 aliphatic carbocycles. The van der Waals surface area contributed by atoms with Crippen molar-refractivity contribution in [3.05, 3.63) is 58.2 Å². The maximum Gasteiger partial charge on any atom is 0.251 e. The molecule has 1 aromatic heterocycles. The summed E-state index contributed by atoms with van der Waals surface area (Å²) in [5, 5.41) is 11.1. The summed E-state index contributed by atoms with van der Waals surface area (Å²) in [5.74, 6) is 0.371. The van der Waals surface area contributed by atoms with E-state index in [1.54, 1.807) is 28.9 Å². The number of aryl methyl sites for hydroxylation is 1. The lowest BCUT2D eigenvalue weighted by Gasteiger charge is -2.12. The van der Waals surface area contributed by atoms with Crippen molar-refractivity contribution in [2.45, 2.75) is 19.4 Å². The van der Waals surface area contributed by atoms with Crippen LogP contribution in [-0.2, 0) is 9.59 Å². The number of rotatable bonds is 5. The Labute approximate surface area is 182 Å². The number of fused-ring (bicyclic) bond motifs is 1. The molecule has 4 rings (SSSR count). The van der Waals surface area contributed by atoms with Crippen molar-refractivity contribution in [2.75, 3.05) is 17.7 Å². The molecule has 2 amide bonds. The van der Waals surface area contributed by atoms with E-state index >= 15 is 0 Å². The minimum atomic E-state index is -0.767. The number of anilines is 2. The average molecular weight is 445 g/mol. The fraction of sp³-hybridized carbons (Fsp3) is 0.190. The Bertz CT molecular complexity index is 1160. The van der Waals surface area contributed by atoms with Gasteiger partial charge in [-0.2, -0.15) is 5.10 Å². The van der Waals surface area contributed by atoms with Crippen LogP contribution in [0.25, 0.3) is 11.1 Å². The standard InChI is InChI=1S/C21H18Cl2N4O3/c1-11-19(12-4-3-5-13(22)8-12)20-25-21(29)16(27(20)26-11)10-18(28)24-15-9-14(23)6-7-17(15)30-2/h3-9,16H,10H2,1-2H3,(H,24,28)(H,25,29). The first kappa shape index (κ1) is 20.3. The van der Waals surface area contributed by atoms with Crippen LogP contribution in [0.15, 0.2) is 42.5 Å². The number of aromatic nitrogens is 2. The lowest BCUT2D eigenvalue weighted by Crippen LogP contribution is -2.24. The first-order chi connectivity index (χ1) is 14.4. The molecule has 3 aromatic rings. The molecule has 0 bridgehead atoms. The third-order valence-corrected chi connectivity index (χ3v) is 5.32. The van der Waals surface area contributed by atoms with Gasteiger partial charge in [-0.3, -0.25) is 9.59 Å². The van der Waals surface area contributed by atoms with Crippen LogP contribution in [0.1, 0.15) is 18.2 Å². The van der Waals surface area contributed by atoms with E-state index in [2.05, 4.69) is 15.7 Å². The Kier molecular flexibility index (Phi) is 5.40. The lowest BCUT2D eigenvalue weighted by atomic mass is 10.1. The van der Waals surface area contributed by atoms with Gasteiger partial charge in [0.05, 0.1) is 24.9 Å². The van der Waals surface area contributed by atoms with E-state index in [9.17, 15) is 9.59 Å². The second kappa shape index (κ2) is 8.01. The average Bonchev–Trinajstić information content (AvgIpc) is 3.16. The summed E-state index contributed by atoms with van der Waals surface area (Å²) in [7, 11) is 1.50. The normalized spacial score (nSPS) is 14.9. The van der Waals surface area contributed by atoms with Gasteiger partial charge >= 0.3 is 0 Å². The summed E-state index contributed by atoms with van der Waals surface area (Å²) >= 11 is 12.1. The van der Waals surface area contributed by atoms with Crippen LogP contribution in [0.3, 0.4) is 0 Å². The first-order valence-corrected chi connectivity index (χ1v) is 9.92. The van der Waals surface area contributed by atoms with Crippen LogP contribution in [0.4, 0.5) is 11.5 Å². The molecule has 1 unspecified atom stereocenters. The maximum absolute atomic E-state index is 12.7. The van der Waals surface area contributed by atoms with Crippen molar-refractivity contribution in [3.8, 4) is 16.9 Å². The van der Waals surface area contributed by atoms with Crippen molar-refractivity contribution in [2.24, 2.45) is 0 Å². The first-order valence-electron chi connectivity index (χ1n) is 9.16. The number of benzene rings is 2. The topological polar surface area (TPSA) is 85.2 Å². The van der Waals surface area contributed by atoms with Gasteiger partial charge in [0, 0.05) is 15.6 Å². The third-order valence-electron chi connectivity index (χ3n) is 4.85. The molecule has 7 nitrogen and oxygen atoms in total. The number of methoxy groups -OCH3 is 1. The number of carbonyl (C=O) groups is 2. The summed E-state index contributed by atoms with van der Waals surface area (Å²) < 4.78 is 6.80. The van der Waals surface area contributed by atoms with Crippen LogP contribution in [0, 0.1) is 6.92 Å². The number of ether oxygens (including phenoxy) is 1. The summed E-state index contributed by atoms with van der Waals surface area (Å²) in [5.41, 5.74) is 2.79. The molecule has 0 saturated heterocycles. The molecule has 1 atom stereocenters. The molecular weight excluding hydrogens is 427 g/mol. The van der Waals surface area contributed by atoms with Crippen LogP contribution in [0.5, 0.6) is 5.75 Å². The summed E-state index contributed by atoms with van der Waals surface area (Å²) in [6, 6.07) is 11.5. The molecule has 0 fully saturated rings. The Balaban J connectivity index is 1.59. The van der Waals surface area contributed by atoms with Gasteiger partial charge in [0.2, 0.25) is 5.91 Å².